The van der Waals surface area contributed by atoms with Crippen LogP contribution in [0.25, 0.3) is 0 Å². The van der Waals surface area contributed by atoms with Crippen molar-refractivity contribution in [1.29, 1.82) is 0 Å². The van der Waals surface area contributed by atoms with Gasteiger partial charge in [0.2, 0.25) is 0 Å². The van der Waals surface area contributed by atoms with Crippen LogP contribution in [-0.4, -0.2) is 12.1 Å². The smallest absolute Gasteiger partial charge is 0.0172 e. The summed E-state index contributed by atoms with van der Waals surface area (Å²) < 4.78 is 0. The number of hydrogen-bond donors (Lipinski definition) is 1. The SMILES string of the molecule is CC(C)C(=CC1CCCC1)CNC(C)(C)C. The maximum absolute atomic E-state index is 3.61. The quantitative estimate of drug-likeness (QED) is 0.706. The van der Waals surface area contributed by atoms with Crippen molar-refractivity contribution in [3.8, 4) is 0 Å². The third-order valence-electron chi connectivity index (χ3n) is 3.41. The summed E-state index contributed by atoms with van der Waals surface area (Å²) in [6.45, 7) is 12.4. The molecule has 0 radical (unpaired) electrons. The fraction of sp³-hybridized carbons (Fsp3) is 0.867. The van der Waals surface area contributed by atoms with Crippen LogP contribution in [0.2, 0.25) is 0 Å². The molecule has 1 heteroatoms. The lowest BCUT2D eigenvalue weighted by molar-refractivity contribution is 0.434. The van der Waals surface area contributed by atoms with E-state index in [2.05, 4.69) is 46.0 Å². The van der Waals surface area contributed by atoms with Crippen LogP contribution >= 0.6 is 0 Å². The second kappa shape index (κ2) is 5.86. The molecule has 0 saturated heterocycles. The van der Waals surface area contributed by atoms with Gasteiger partial charge in [-0.15, -0.1) is 0 Å². The molecular formula is C15H29N. The molecule has 0 unspecified atom stereocenters. The van der Waals surface area contributed by atoms with Crippen molar-refractivity contribution in [1.82, 2.24) is 5.32 Å². The molecule has 1 nitrogen and oxygen atoms in total. The van der Waals surface area contributed by atoms with Crippen LogP contribution < -0.4 is 5.32 Å². The summed E-state index contributed by atoms with van der Waals surface area (Å²) in [5, 5.41) is 3.61. The Balaban J connectivity index is 2.53. The van der Waals surface area contributed by atoms with Crippen molar-refractivity contribution in [2.24, 2.45) is 11.8 Å². The highest BCUT2D eigenvalue weighted by molar-refractivity contribution is 5.10. The fourth-order valence-electron chi connectivity index (χ4n) is 2.25. The van der Waals surface area contributed by atoms with Crippen molar-refractivity contribution < 1.29 is 0 Å². The summed E-state index contributed by atoms with van der Waals surface area (Å²) in [5.41, 5.74) is 1.82. The zero-order valence-electron chi connectivity index (χ0n) is 11.8. The molecule has 1 aliphatic carbocycles. The van der Waals surface area contributed by atoms with Crippen LogP contribution in [-0.2, 0) is 0 Å². The predicted molar refractivity (Wildman–Crippen MR) is 72.6 cm³/mol. The number of rotatable bonds is 4. The Kier molecular flexibility index (Phi) is 5.04. The Hall–Kier alpha value is -0.300. The maximum Gasteiger partial charge on any atom is 0.0172 e. The molecule has 1 saturated carbocycles. The topological polar surface area (TPSA) is 12.0 Å². The standard InChI is InChI=1S/C15H29N/c1-12(2)14(11-16-15(3,4)5)10-13-8-6-7-9-13/h10,12-13,16H,6-9,11H2,1-5H3. The first-order valence-electron chi connectivity index (χ1n) is 6.84. The Bertz CT molecular complexity index is 226. The number of hydrogen-bond acceptors (Lipinski definition) is 1. The van der Waals surface area contributed by atoms with Gasteiger partial charge in [-0.3, -0.25) is 0 Å². The number of allylic oxidation sites excluding steroid dienone is 1. The van der Waals surface area contributed by atoms with E-state index in [0.29, 0.717) is 5.92 Å². The van der Waals surface area contributed by atoms with E-state index in [4.69, 9.17) is 0 Å². The highest BCUT2D eigenvalue weighted by atomic mass is 14.9. The molecule has 1 aliphatic rings. The van der Waals surface area contributed by atoms with Gasteiger partial charge in [-0.25, -0.2) is 0 Å². The maximum atomic E-state index is 3.61. The van der Waals surface area contributed by atoms with Gasteiger partial charge in [-0.2, -0.15) is 0 Å². The monoisotopic (exact) mass is 223 g/mol. The lowest BCUT2D eigenvalue weighted by Gasteiger charge is -2.24. The minimum absolute atomic E-state index is 0.226. The van der Waals surface area contributed by atoms with Crippen LogP contribution in [0.4, 0.5) is 0 Å². The van der Waals surface area contributed by atoms with E-state index in [0.717, 1.165) is 12.5 Å². The Labute approximate surface area is 102 Å². The van der Waals surface area contributed by atoms with E-state index in [9.17, 15) is 0 Å². The van der Waals surface area contributed by atoms with Gasteiger partial charge in [0.15, 0.2) is 0 Å². The predicted octanol–water partition coefficient (Wildman–Crippen LogP) is 4.15. The average molecular weight is 223 g/mol. The molecule has 0 aromatic carbocycles. The van der Waals surface area contributed by atoms with Gasteiger partial charge in [-0.1, -0.05) is 38.3 Å². The van der Waals surface area contributed by atoms with Gasteiger partial charge in [0.05, 0.1) is 0 Å². The van der Waals surface area contributed by atoms with Crippen molar-refractivity contribution in [3.05, 3.63) is 11.6 Å². The second-order valence-corrected chi connectivity index (χ2v) is 6.54. The fourth-order valence-corrected chi connectivity index (χ4v) is 2.25. The third kappa shape index (κ3) is 5.16. The lowest BCUT2D eigenvalue weighted by Crippen LogP contribution is -2.37. The minimum atomic E-state index is 0.226. The van der Waals surface area contributed by atoms with E-state index in [1.807, 2.05) is 0 Å². The molecule has 1 rings (SSSR count). The normalized spacial score (nSPS) is 19.8. The molecule has 0 aromatic rings. The Morgan fingerprint density at radius 3 is 2.25 bits per heavy atom. The van der Waals surface area contributed by atoms with Crippen LogP contribution in [0.5, 0.6) is 0 Å². The van der Waals surface area contributed by atoms with Gasteiger partial charge >= 0.3 is 0 Å². The van der Waals surface area contributed by atoms with E-state index in [1.165, 1.54) is 25.7 Å². The van der Waals surface area contributed by atoms with E-state index >= 15 is 0 Å². The van der Waals surface area contributed by atoms with Crippen molar-refractivity contribution in [2.45, 2.75) is 65.8 Å². The summed E-state index contributed by atoms with van der Waals surface area (Å²) in [6, 6.07) is 0. The van der Waals surface area contributed by atoms with Gasteiger partial charge in [0.1, 0.15) is 0 Å². The molecule has 0 amide bonds. The highest BCUT2D eigenvalue weighted by Crippen LogP contribution is 2.28. The van der Waals surface area contributed by atoms with Gasteiger partial charge < -0.3 is 5.32 Å². The lowest BCUT2D eigenvalue weighted by atomic mass is 9.95. The molecular weight excluding hydrogens is 194 g/mol. The minimum Gasteiger partial charge on any atom is -0.308 e. The van der Waals surface area contributed by atoms with Crippen LogP contribution in [0.3, 0.4) is 0 Å². The largest absolute Gasteiger partial charge is 0.308 e. The van der Waals surface area contributed by atoms with E-state index in [1.54, 1.807) is 5.57 Å². The average Bonchev–Trinajstić information content (AvgIpc) is 2.62. The van der Waals surface area contributed by atoms with Crippen molar-refractivity contribution >= 4 is 0 Å². The van der Waals surface area contributed by atoms with Gasteiger partial charge in [0.25, 0.3) is 0 Å². The van der Waals surface area contributed by atoms with Crippen LogP contribution in [0, 0.1) is 11.8 Å². The Morgan fingerprint density at radius 2 is 1.81 bits per heavy atom. The number of nitrogens with one attached hydrogen (secondary N) is 1. The molecule has 0 aliphatic heterocycles. The summed E-state index contributed by atoms with van der Waals surface area (Å²) in [7, 11) is 0. The molecule has 1 N–H and O–H groups in total. The molecule has 0 spiro atoms. The molecule has 94 valence electrons. The summed E-state index contributed by atoms with van der Waals surface area (Å²) >= 11 is 0. The summed E-state index contributed by atoms with van der Waals surface area (Å²) in [5.74, 6) is 1.54. The van der Waals surface area contributed by atoms with Crippen LogP contribution in [0.1, 0.15) is 60.3 Å². The van der Waals surface area contributed by atoms with Crippen LogP contribution in [0.15, 0.2) is 11.6 Å². The first-order chi connectivity index (χ1) is 7.38. The molecule has 1 fully saturated rings. The zero-order valence-corrected chi connectivity index (χ0v) is 11.8. The third-order valence-corrected chi connectivity index (χ3v) is 3.41. The second-order valence-electron chi connectivity index (χ2n) is 6.54. The zero-order chi connectivity index (χ0) is 12.2. The van der Waals surface area contributed by atoms with Crippen molar-refractivity contribution in [2.75, 3.05) is 6.54 Å². The Morgan fingerprint density at radius 1 is 1.25 bits per heavy atom. The van der Waals surface area contributed by atoms with E-state index in [-0.39, 0.29) is 5.54 Å². The van der Waals surface area contributed by atoms with Gasteiger partial charge in [-0.05, 0) is 45.4 Å². The molecule has 16 heavy (non-hydrogen) atoms. The highest BCUT2D eigenvalue weighted by Gasteiger charge is 2.16. The molecule has 0 atom stereocenters. The molecule has 0 heterocycles. The molecule has 0 bridgehead atoms. The first-order valence-corrected chi connectivity index (χ1v) is 6.84. The van der Waals surface area contributed by atoms with Gasteiger partial charge in [0, 0.05) is 12.1 Å². The summed E-state index contributed by atoms with van der Waals surface area (Å²) in [6.07, 6.45) is 8.23. The van der Waals surface area contributed by atoms with E-state index < -0.39 is 0 Å². The van der Waals surface area contributed by atoms with Crippen molar-refractivity contribution in [3.63, 3.8) is 0 Å². The molecule has 0 aromatic heterocycles. The first kappa shape index (κ1) is 13.8. The summed E-state index contributed by atoms with van der Waals surface area (Å²) in [4.78, 5) is 0.